The summed E-state index contributed by atoms with van der Waals surface area (Å²) in [5.74, 6) is -2.22. The van der Waals surface area contributed by atoms with Crippen LogP contribution in [0.1, 0.15) is 30.3 Å². The highest BCUT2D eigenvalue weighted by atomic mass is 35.5. The minimum absolute atomic E-state index is 0.00501. The molecule has 13 heteroatoms. The second-order valence-electron chi connectivity index (χ2n) is 7.02. The van der Waals surface area contributed by atoms with Crippen LogP contribution >= 0.6 is 11.6 Å². The van der Waals surface area contributed by atoms with Gasteiger partial charge in [-0.25, -0.2) is 9.78 Å². The number of hydrogen-bond acceptors (Lipinski definition) is 6. The largest absolute Gasteiger partial charge is 0.492 e. The summed E-state index contributed by atoms with van der Waals surface area (Å²) in [5.41, 5.74) is 0.674. The van der Waals surface area contributed by atoms with Gasteiger partial charge in [0.1, 0.15) is 12.3 Å². The van der Waals surface area contributed by atoms with Gasteiger partial charge in [-0.15, -0.1) is 5.06 Å². The first-order valence-electron chi connectivity index (χ1n) is 9.36. The maximum atomic E-state index is 12.4. The number of oxazole rings is 1. The highest BCUT2D eigenvalue weighted by molar-refractivity contribution is 6.30. The van der Waals surface area contributed by atoms with E-state index in [4.69, 9.17) is 20.8 Å². The molecule has 1 saturated heterocycles. The molecule has 176 valence electrons. The van der Waals surface area contributed by atoms with Crippen LogP contribution in [0.5, 0.6) is 0 Å². The lowest BCUT2D eigenvalue weighted by molar-refractivity contribution is -0.241. The summed E-state index contributed by atoms with van der Waals surface area (Å²) in [7, 11) is 0. The molecule has 1 aliphatic heterocycles. The highest BCUT2D eigenvalue weighted by Gasteiger charge is 2.43. The van der Waals surface area contributed by atoms with Crippen molar-refractivity contribution in [1.82, 2.24) is 10.0 Å². The second-order valence-corrected chi connectivity index (χ2v) is 7.46. The molecule has 0 amide bonds. The van der Waals surface area contributed by atoms with Crippen LogP contribution in [0, 0.1) is 0 Å². The monoisotopic (exact) mass is 486 g/mol. The summed E-state index contributed by atoms with van der Waals surface area (Å²) in [4.78, 5) is 19.6. The topological polar surface area (TPSA) is 64.8 Å². The number of rotatable bonds is 6. The Labute approximate surface area is 183 Å². The van der Waals surface area contributed by atoms with Crippen molar-refractivity contribution in [1.29, 1.82) is 0 Å². The molecule has 0 spiro atoms. The number of nitrogens with zero attached hydrogens (tertiary/aromatic N) is 2. The van der Waals surface area contributed by atoms with Crippen LogP contribution < -0.4 is 0 Å². The molecule has 32 heavy (non-hydrogen) atoms. The Morgan fingerprint density at radius 3 is 2.31 bits per heavy atom. The lowest BCUT2D eigenvalue weighted by Gasteiger charge is -2.29. The third-order valence-corrected chi connectivity index (χ3v) is 4.82. The zero-order chi connectivity index (χ0) is 23.5. The number of ether oxygens (including phenoxy) is 1. The molecule has 0 N–H and O–H groups in total. The molecule has 2 heterocycles. The number of carbonyl (C=O) groups is 1. The van der Waals surface area contributed by atoms with Crippen LogP contribution in [0.4, 0.5) is 26.3 Å². The number of carbonyl (C=O) groups excluding carboxylic acids is 1. The van der Waals surface area contributed by atoms with Gasteiger partial charge in [0, 0.05) is 29.6 Å². The van der Waals surface area contributed by atoms with Crippen molar-refractivity contribution in [3.8, 4) is 11.3 Å². The molecule has 0 atom stereocenters. The van der Waals surface area contributed by atoms with E-state index in [-0.39, 0.29) is 49.2 Å². The third-order valence-electron chi connectivity index (χ3n) is 4.57. The first-order valence-corrected chi connectivity index (χ1v) is 9.74. The average molecular weight is 487 g/mol. The van der Waals surface area contributed by atoms with E-state index in [0.29, 0.717) is 10.6 Å². The van der Waals surface area contributed by atoms with Gasteiger partial charge >= 0.3 is 18.3 Å². The Hall–Kier alpha value is -2.31. The summed E-state index contributed by atoms with van der Waals surface area (Å²) in [6.45, 7) is -1.91. The van der Waals surface area contributed by atoms with Gasteiger partial charge in [0.15, 0.2) is 11.7 Å². The fourth-order valence-corrected chi connectivity index (χ4v) is 3.22. The Kier molecular flexibility index (Phi) is 7.36. The van der Waals surface area contributed by atoms with Crippen LogP contribution in [0.15, 0.2) is 28.7 Å². The van der Waals surface area contributed by atoms with Crippen LogP contribution in [-0.4, -0.2) is 48.1 Å². The van der Waals surface area contributed by atoms with Gasteiger partial charge in [-0.2, -0.15) is 26.3 Å². The molecule has 1 aromatic heterocycles. The SMILES string of the molecule is O=C(ON1CCC(c2nc(COCC(F)(F)F)c(-c3ccc(Cl)cc3)o2)CC1)C(F)(F)F. The van der Waals surface area contributed by atoms with E-state index in [1.807, 2.05) is 0 Å². The lowest BCUT2D eigenvalue weighted by Crippen LogP contribution is -2.39. The van der Waals surface area contributed by atoms with Crippen molar-refractivity contribution in [3.05, 3.63) is 40.9 Å². The Bertz CT molecular complexity index is 921. The minimum Gasteiger partial charge on any atom is -0.440 e. The van der Waals surface area contributed by atoms with E-state index >= 15 is 0 Å². The predicted octanol–water partition coefficient (Wildman–Crippen LogP) is 5.27. The molecular formula is C19H17ClF6N2O4. The second kappa shape index (κ2) is 9.67. The Morgan fingerprint density at radius 2 is 1.75 bits per heavy atom. The van der Waals surface area contributed by atoms with E-state index in [9.17, 15) is 31.1 Å². The molecule has 0 saturated carbocycles. The maximum absolute atomic E-state index is 12.4. The van der Waals surface area contributed by atoms with E-state index in [0.717, 1.165) is 5.06 Å². The minimum atomic E-state index is -5.10. The number of halogens is 7. The zero-order valence-electron chi connectivity index (χ0n) is 16.3. The van der Waals surface area contributed by atoms with Gasteiger partial charge in [0.05, 0.1) is 6.61 Å². The molecule has 1 aliphatic rings. The number of benzene rings is 1. The molecule has 0 unspecified atom stereocenters. The van der Waals surface area contributed by atoms with Crippen LogP contribution in [-0.2, 0) is 21.0 Å². The van der Waals surface area contributed by atoms with E-state index in [1.54, 1.807) is 24.3 Å². The van der Waals surface area contributed by atoms with E-state index in [2.05, 4.69) is 9.82 Å². The van der Waals surface area contributed by atoms with Crippen molar-refractivity contribution < 1.29 is 45.1 Å². The van der Waals surface area contributed by atoms with E-state index in [1.165, 1.54) is 0 Å². The van der Waals surface area contributed by atoms with Crippen molar-refractivity contribution >= 4 is 17.6 Å². The predicted molar refractivity (Wildman–Crippen MR) is 98.4 cm³/mol. The molecule has 0 radical (unpaired) electrons. The molecule has 1 fully saturated rings. The molecule has 0 bridgehead atoms. The van der Waals surface area contributed by atoms with Gasteiger partial charge in [0.25, 0.3) is 0 Å². The zero-order valence-corrected chi connectivity index (χ0v) is 17.1. The molecule has 6 nitrogen and oxygen atoms in total. The fourth-order valence-electron chi connectivity index (χ4n) is 3.10. The highest BCUT2D eigenvalue weighted by Crippen LogP contribution is 2.34. The van der Waals surface area contributed by atoms with Crippen molar-refractivity contribution in [2.24, 2.45) is 0 Å². The molecule has 1 aromatic carbocycles. The Morgan fingerprint density at radius 1 is 1.12 bits per heavy atom. The number of alkyl halides is 6. The Balaban J connectivity index is 1.72. The van der Waals surface area contributed by atoms with Gasteiger partial charge in [0.2, 0.25) is 0 Å². The molecule has 0 aliphatic carbocycles. The van der Waals surface area contributed by atoms with Crippen molar-refractivity contribution in [3.63, 3.8) is 0 Å². The molecule has 3 rings (SSSR count). The number of hydrogen-bond donors (Lipinski definition) is 0. The van der Waals surface area contributed by atoms with Crippen molar-refractivity contribution in [2.45, 2.75) is 37.7 Å². The number of aromatic nitrogens is 1. The van der Waals surface area contributed by atoms with Crippen molar-refractivity contribution in [2.75, 3.05) is 19.7 Å². The summed E-state index contributed by atoms with van der Waals surface area (Å²) >= 11 is 5.87. The van der Waals surface area contributed by atoms with Gasteiger partial charge in [-0.1, -0.05) is 11.6 Å². The first kappa shape index (κ1) is 24.3. The van der Waals surface area contributed by atoms with Crippen LogP contribution in [0.25, 0.3) is 11.3 Å². The third kappa shape index (κ3) is 6.59. The summed E-state index contributed by atoms with van der Waals surface area (Å²) in [5, 5.41) is 1.35. The van der Waals surface area contributed by atoms with Gasteiger partial charge in [-0.05, 0) is 37.1 Å². The normalized spacial score (nSPS) is 16.3. The lowest BCUT2D eigenvalue weighted by atomic mass is 9.98. The van der Waals surface area contributed by atoms with Gasteiger partial charge in [-0.3, -0.25) is 0 Å². The molecule has 2 aromatic rings. The summed E-state index contributed by atoms with van der Waals surface area (Å²) in [6, 6.07) is 6.37. The van der Waals surface area contributed by atoms with E-state index < -0.39 is 31.5 Å². The number of hydroxylamine groups is 2. The maximum Gasteiger partial charge on any atom is 0.492 e. The number of piperidine rings is 1. The van der Waals surface area contributed by atoms with Crippen LogP contribution in [0.3, 0.4) is 0 Å². The fraction of sp³-hybridized carbons (Fsp3) is 0.474. The summed E-state index contributed by atoms with van der Waals surface area (Å²) < 4.78 is 84.8. The smallest absolute Gasteiger partial charge is 0.440 e. The standard InChI is InChI=1S/C19H17ClF6N2O4/c20-13-3-1-11(2-4-13)15-14(9-30-10-18(21,22)23)27-16(31-15)12-5-7-28(8-6-12)32-17(29)19(24,25)26/h1-4,12H,5-10H2. The summed E-state index contributed by atoms with van der Waals surface area (Å²) in [6.07, 6.45) is -9.09. The van der Waals surface area contributed by atoms with Crippen LogP contribution in [0.2, 0.25) is 5.02 Å². The average Bonchev–Trinajstić information content (AvgIpc) is 3.11. The van der Waals surface area contributed by atoms with Gasteiger partial charge < -0.3 is 14.0 Å². The molecular weight excluding hydrogens is 470 g/mol. The quantitative estimate of drug-likeness (QED) is 0.518. The first-order chi connectivity index (χ1) is 14.9.